The standard InChI is InChI=1S/C18H28N2O2/c1-15-6-4-7-16(12-15)13-18(22)19-9-5-11-20-10-3-2-8-17(20)14-21/h4,6-7,12,17,21H,2-3,5,8-11,13-14H2,1H3,(H,19,22)/t17-/m1/s1. The van der Waals surface area contributed by atoms with Gasteiger partial charge in [-0.1, -0.05) is 36.2 Å². The zero-order chi connectivity index (χ0) is 15.8. The van der Waals surface area contributed by atoms with Crippen LogP contribution in [-0.2, 0) is 11.2 Å². The molecule has 0 aromatic heterocycles. The zero-order valence-electron chi connectivity index (χ0n) is 13.6. The molecule has 0 unspecified atom stereocenters. The highest BCUT2D eigenvalue weighted by Crippen LogP contribution is 2.16. The van der Waals surface area contributed by atoms with Gasteiger partial charge in [-0.05, 0) is 38.3 Å². The van der Waals surface area contributed by atoms with Crippen molar-refractivity contribution in [3.05, 3.63) is 35.4 Å². The summed E-state index contributed by atoms with van der Waals surface area (Å²) in [5.41, 5.74) is 2.25. The van der Waals surface area contributed by atoms with Crippen molar-refractivity contribution in [1.29, 1.82) is 0 Å². The number of aryl methyl sites for hydroxylation is 1. The molecule has 1 atom stereocenters. The molecule has 1 aliphatic heterocycles. The third kappa shape index (κ3) is 5.43. The van der Waals surface area contributed by atoms with Crippen LogP contribution in [0.15, 0.2) is 24.3 Å². The summed E-state index contributed by atoms with van der Waals surface area (Å²) in [6.07, 6.45) is 4.92. The molecular formula is C18H28N2O2. The Hall–Kier alpha value is -1.39. The average molecular weight is 304 g/mol. The van der Waals surface area contributed by atoms with Gasteiger partial charge in [-0.3, -0.25) is 9.69 Å². The van der Waals surface area contributed by atoms with E-state index in [2.05, 4.69) is 16.3 Å². The molecular weight excluding hydrogens is 276 g/mol. The molecule has 0 bridgehead atoms. The van der Waals surface area contributed by atoms with Crippen molar-refractivity contribution in [3.63, 3.8) is 0 Å². The zero-order valence-corrected chi connectivity index (χ0v) is 13.6. The molecule has 1 saturated heterocycles. The SMILES string of the molecule is Cc1cccc(CC(=O)NCCCN2CCCC[C@@H]2CO)c1. The largest absolute Gasteiger partial charge is 0.395 e. The highest BCUT2D eigenvalue weighted by molar-refractivity contribution is 5.78. The van der Waals surface area contributed by atoms with Gasteiger partial charge in [-0.25, -0.2) is 0 Å². The van der Waals surface area contributed by atoms with Crippen LogP contribution in [0, 0.1) is 6.92 Å². The molecule has 22 heavy (non-hydrogen) atoms. The van der Waals surface area contributed by atoms with Crippen molar-refractivity contribution in [3.8, 4) is 0 Å². The van der Waals surface area contributed by atoms with Crippen LogP contribution in [0.5, 0.6) is 0 Å². The van der Waals surface area contributed by atoms with Gasteiger partial charge in [0.1, 0.15) is 0 Å². The average Bonchev–Trinajstić information content (AvgIpc) is 2.52. The highest BCUT2D eigenvalue weighted by Gasteiger charge is 2.20. The lowest BCUT2D eigenvalue weighted by Crippen LogP contribution is -2.43. The van der Waals surface area contributed by atoms with Crippen LogP contribution in [0.25, 0.3) is 0 Å². The lowest BCUT2D eigenvalue weighted by molar-refractivity contribution is -0.120. The molecule has 0 saturated carbocycles. The molecule has 1 amide bonds. The first-order valence-corrected chi connectivity index (χ1v) is 8.36. The predicted molar refractivity (Wildman–Crippen MR) is 88.8 cm³/mol. The molecule has 1 fully saturated rings. The van der Waals surface area contributed by atoms with E-state index in [0.29, 0.717) is 19.0 Å². The number of carbonyl (C=O) groups is 1. The molecule has 1 heterocycles. The van der Waals surface area contributed by atoms with Crippen molar-refractivity contribution < 1.29 is 9.90 Å². The first kappa shape index (κ1) is 17.0. The van der Waals surface area contributed by atoms with E-state index in [1.54, 1.807) is 0 Å². The number of amides is 1. The molecule has 2 rings (SSSR count). The number of carbonyl (C=O) groups excluding carboxylic acids is 1. The minimum absolute atomic E-state index is 0.0861. The maximum Gasteiger partial charge on any atom is 0.224 e. The number of likely N-dealkylation sites (tertiary alicyclic amines) is 1. The fraction of sp³-hybridized carbons (Fsp3) is 0.611. The Kier molecular flexibility index (Phi) is 6.87. The van der Waals surface area contributed by atoms with Crippen LogP contribution in [0.3, 0.4) is 0 Å². The molecule has 1 aromatic carbocycles. The lowest BCUT2D eigenvalue weighted by atomic mass is 10.0. The quantitative estimate of drug-likeness (QED) is 0.756. The molecule has 4 nitrogen and oxygen atoms in total. The summed E-state index contributed by atoms with van der Waals surface area (Å²) >= 11 is 0. The van der Waals surface area contributed by atoms with Gasteiger partial charge in [-0.2, -0.15) is 0 Å². The maximum absolute atomic E-state index is 11.9. The fourth-order valence-corrected chi connectivity index (χ4v) is 3.14. The minimum atomic E-state index is 0.0861. The van der Waals surface area contributed by atoms with Crippen molar-refractivity contribution >= 4 is 5.91 Å². The van der Waals surface area contributed by atoms with E-state index in [9.17, 15) is 9.90 Å². The summed E-state index contributed by atoms with van der Waals surface area (Å²) in [7, 11) is 0. The Labute approximate surface area is 133 Å². The van der Waals surface area contributed by atoms with E-state index in [1.807, 2.05) is 25.1 Å². The maximum atomic E-state index is 11.9. The number of benzene rings is 1. The second-order valence-electron chi connectivity index (χ2n) is 6.24. The molecule has 4 heteroatoms. The Balaban J connectivity index is 1.64. The number of aliphatic hydroxyl groups is 1. The molecule has 2 N–H and O–H groups in total. The Morgan fingerprint density at radius 3 is 3.05 bits per heavy atom. The predicted octanol–water partition coefficient (Wildman–Crippen LogP) is 1.89. The smallest absolute Gasteiger partial charge is 0.224 e. The van der Waals surface area contributed by atoms with Gasteiger partial charge in [0.2, 0.25) is 5.91 Å². The first-order chi connectivity index (χ1) is 10.7. The topological polar surface area (TPSA) is 52.6 Å². The molecule has 122 valence electrons. The van der Waals surface area contributed by atoms with Gasteiger partial charge >= 0.3 is 0 Å². The molecule has 1 aliphatic rings. The van der Waals surface area contributed by atoms with Gasteiger partial charge < -0.3 is 10.4 Å². The molecule has 0 aliphatic carbocycles. The Bertz CT molecular complexity index is 476. The number of piperidine rings is 1. The van der Waals surface area contributed by atoms with Crippen LogP contribution in [0.1, 0.15) is 36.8 Å². The van der Waals surface area contributed by atoms with Crippen LogP contribution in [0.2, 0.25) is 0 Å². The molecule has 1 aromatic rings. The number of rotatable bonds is 7. The second-order valence-corrected chi connectivity index (χ2v) is 6.24. The van der Waals surface area contributed by atoms with Gasteiger partial charge in [0.25, 0.3) is 0 Å². The van der Waals surface area contributed by atoms with Crippen molar-refractivity contribution in [2.45, 2.75) is 45.1 Å². The lowest BCUT2D eigenvalue weighted by Gasteiger charge is -2.34. The van der Waals surface area contributed by atoms with Gasteiger partial charge in [0, 0.05) is 19.1 Å². The van der Waals surface area contributed by atoms with E-state index in [4.69, 9.17) is 0 Å². The van der Waals surface area contributed by atoms with Crippen LogP contribution >= 0.6 is 0 Å². The van der Waals surface area contributed by atoms with Gasteiger partial charge in [0.05, 0.1) is 13.0 Å². The van der Waals surface area contributed by atoms with Crippen molar-refractivity contribution in [2.75, 3.05) is 26.2 Å². The third-order valence-corrected chi connectivity index (χ3v) is 4.35. The third-order valence-electron chi connectivity index (χ3n) is 4.35. The van der Waals surface area contributed by atoms with Gasteiger partial charge in [-0.15, -0.1) is 0 Å². The summed E-state index contributed by atoms with van der Waals surface area (Å²) in [6, 6.07) is 8.39. The molecule has 0 spiro atoms. The summed E-state index contributed by atoms with van der Waals surface area (Å²) in [6.45, 7) is 5.02. The van der Waals surface area contributed by atoms with Crippen LogP contribution in [-0.4, -0.2) is 48.2 Å². The fourth-order valence-electron chi connectivity index (χ4n) is 3.14. The number of hydrogen-bond acceptors (Lipinski definition) is 3. The first-order valence-electron chi connectivity index (χ1n) is 8.36. The van der Waals surface area contributed by atoms with Crippen LogP contribution < -0.4 is 5.32 Å². The normalized spacial score (nSPS) is 19.1. The Morgan fingerprint density at radius 2 is 2.27 bits per heavy atom. The van der Waals surface area contributed by atoms with E-state index in [-0.39, 0.29) is 12.5 Å². The number of nitrogens with zero attached hydrogens (tertiary/aromatic N) is 1. The van der Waals surface area contributed by atoms with Crippen molar-refractivity contribution in [2.24, 2.45) is 0 Å². The summed E-state index contributed by atoms with van der Waals surface area (Å²) in [5.74, 6) is 0.0861. The van der Waals surface area contributed by atoms with E-state index in [0.717, 1.165) is 31.5 Å². The second kappa shape index (κ2) is 8.91. The van der Waals surface area contributed by atoms with Crippen molar-refractivity contribution in [1.82, 2.24) is 10.2 Å². The van der Waals surface area contributed by atoms with E-state index >= 15 is 0 Å². The Morgan fingerprint density at radius 1 is 1.41 bits per heavy atom. The summed E-state index contributed by atoms with van der Waals surface area (Å²) in [4.78, 5) is 14.3. The number of hydrogen-bond donors (Lipinski definition) is 2. The molecule has 0 radical (unpaired) electrons. The van der Waals surface area contributed by atoms with Gasteiger partial charge in [0.15, 0.2) is 0 Å². The van der Waals surface area contributed by atoms with Crippen LogP contribution in [0.4, 0.5) is 0 Å². The highest BCUT2D eigenvalue weighted by atomic mass is 16.3. The monoisotopic (exact) mass is 304 g/mol. The van der Waals surface area contributed by atoms with E-state index < -0.39 is 0 Å². The number of nitrogens with one attached hydrogen (secondary N) is 1. The van der Waals surface area contributed by atoms with E-state index in [1.165, 1.54) is 18.4 Å². The summed E-state index contributed by atoms with van der Waals surface area (Å²) in [5, 5.41) is 12.4. The number of aliphatic hydroxyl groups excluding tert-OH is 1. The minimum Gasteiger partial charge on any atom is -0.395 e. The summed E-state index contributed by atoms with van der Waals surface area (Å²) < 4.78 is 0.